The third kappa shape index (κ3) is 2.12. The van der Waals surface area contributed by atoms with Gasteiger partial charge in [0.1, 0.15) is 0 Å². The molecule has 0 aromatic heterocycles. The van der Waals surface area contributed by atoms with Gasteiger partial charge >= 0.3 is 0 Å². The molecule has 2 heteroatoms. The molecule has 6 unspecified atom stereocenters. The summed E-state index contributed by atoms with van der Waals surface area (Å²) in [5, 5.41) is 0. The lowest BCUT2D eigenvalue weighted by molar-refractivity contribution is 0.0469. The van der Waals surface area contributed by atoms with Crippen molar-refractivity contribution in [1.82, 2.24) is 0 Å². The molecule has 0 aliphatic carbocycles. The highest BCUT2D eigenvalue weighted by atomic mass is 16.5. The summed E-state index contributed by atoms with van der Waals surface area (Å²) in [6.07, 6.45) is 1.85. The lowest BCUT2D eigenvalue weighted by Gasteiger charge is -2.29. The summed E-state index contributed by atoms with van der Waals surface area (Å²) in [5.74, 6) is 1.72. The largest absolute Gasteiger partial charge is 0.375 e. The minimum Gasteiger partial charge on any atom is -0.375 e. The van der Waals surface area contributed by atoms with Crippen LogP contribution in [0.25, 0.3) is 0 Å². The first-order chi connectivity index (χ1) is 6.49. The van der Waals surface area contributed by atoms with E-state index in [0.717, 1.165) is 6.42 Å². The number of ether oxygens (including phenoxy) is 1. The normalized spacial score (nSPS) is 42.4. The maximum atomic E-state index is 6.30. The second-order valence-corrected chi connectivity index (χ2v) is 4.95. The number of hydrogen-bond donors (Lipinski definition) is 1. The topological polar surface area (TPSA) is 35.2 Å². The van der Waals surface area contributed by atoms with Gasteiger partial charge in [0, 0.05) is 12.0 Å². The Hall–Kier alpha value is -0.0800. The second-order valence-electron chi connectivity index (χ2n) is 4.95. The van der Waals surface area contributed by atoms with Crippen molar-refractivity contribution in [3.8, 4) is 0 Å². The Morgan fingerprint density at radius 3 is 2.14 bits per heavy atom. The monoisotopic (exact) mass is 199 g/mol. The Balaban J connectivity index is 2.66. The molecule has 14 heavy (non-hydrogen) atoms. The van der Waals surface area contributed by atoms with Crippen molar-refractivity contribution in [1.29, 1.82) is 0 Å². The molecule has 1 fully saturated rings. The van der Waals surface area contributed by atoms with Gasteiger partial charge in [0.05, 0.1) is 12.2 Å². The zero-order valence-electron chi connectivity index (χ0n) is 10.2. The van der Waals surface area contributed by atoms with Crippen LogP contribution in [0, 0.1) is 17.8 Å². The van der Waals surface area contributed by atoms with Crippen LogP contribution in [0.2, 0.25) is 0 Å². The van der Waals surface area contributed by atoms with Gasteiger partial charge in [0.15, 0.2) is 0 Å². The highest BCUT2D eigenvalue weighted by Gasteiger charge is 2.41. The first kappa shape index (κ1) is 12.0. The molecule has 1 heterocycles. The molecule has 2 nitrogen and oxygen atoms in total. The highest BCUT2D eigenvalue weighted by molar-refractivity contribution is 4.91. The van der Waals surface area contributed by atoms with Crippen LogP contribution in [-0.4, -0.2) is 18.2 Å². The molecule has 1 rings (SSSR count). The van der Waals surface area contributed by atoms with Crippen LogP contribution in [0.4, 0.5) is 0 Å². The van der Waals surface area contributed by atoms with Gasteiger partial charge in [-0.15, -0.1) is 0 Å². The number of rotatable bonds is 3. The van der Waals surface area contributed by atoms with E-state index in [0.29, 0.717) is 30.0 Å². The summed E-state index contributed by atoms with van der Waals surface area (Å²) in [6.45, 7) is 11.0. The molecule has 1 aliphatic heterocycles. The molecule has 0 aromatic rings. The van der Waals surface area contributed by atoms with Crippen molar-refractivity contribution in [2.45, 2.75) is 59.3 Å². The molecular formula is C12H25NO. The molecule has 0 bridgehead atoms. The summed E-state index contributed by atoms with van der Waals surface area (Å²) >= 11 is 0. The second kappa shape index (κ2) is 4.63. The van der Waals surface area contributed by atoms with Gasteiger partial charge < -0.3 is 10.5 Å². The van der Waals surface area contributed by atoms with Crippen molar-refractivity contribution in [3.63, 3.8) is 0 Å². The van der Waals surface area contributed by atoms with E-state index in [1.807, 2.05) is 0 Å². The summed E-state index contributed by atoms with van der Waals surface area (Å²) in [6, 6.07) is 0.287. The average Bonchev–Trinajstić information content (AvgIpc) is 2.39. The summed E-state index contributed by atoms with van der Waals surface area (Å²) in [5.41, 5.74) is 6.30. The summed E-state index contributed by atoms with van der Waals surface area (Å²) < 4.78 is 5.82. The Kier molecular flexibility index (Phi) is 3.96. The molecule has 1 saturated heterocycles. The first-order valence-electron chi connectivity index (χ1n) is 5.90. The maximum absolute atomic E-state index is 6.30. The van der Waals surface area contributed by atoms with Crippen molar-refractivity contribution in [3.05, 3.63) is 0 Å². The van der Waals surface area contributed by atoms with Crippen LogP contribution in [0.5, 0.6) is 0 Å². The van der Waals surface area contributed by atoms with Gasteiger partial charge in [-0.3, -0.25) is 0 Å². The van der Waals surface area contributed by atoms with E-state index in [4.69, 9.17) is 10.5 Å². The first-order valence-corrected chi connectivity index (χ1v) is 5.90. The molecule has 84 valence electrons. The summed E-state index contributed by atoms with van der Waals surface area (Å²) in [7, 11) is 0. The Morgan fingerprint density at radius 2 is 1.79 bits per heavy atom. The number of hydrogen-bond acceptors (Lipinski definition) is 2. The van der Waals surface area contributed by atoms with Crippen LogP contribution in [-0.2, 0) is 4.74 Å². The van der Waals surface area contributed by atoms with Gasteiger partial charge in [0.2, 0.25) is 0 Å². The SMILES string of the molecule is CCC(C)C(N)C1C(C)OC(C)C1C. The van der Waals surface area contributed by atoms with Gasteiger partial charge in [-0.05, 0) is 25.7 Å². The summed E-state index contributed by atoms with van der Waals surface area (Å²) in [4.78, 5) is 0. The molecule has 0 spiro atoms. The average molecular weight is 199 g/mol. The van der Waals surface area contributed by atoms with Crippen LogP contribution in [0.3, 0.4) is 0 Å². The molecule has 0 radical (unpaired) electrons. The van der Waals surface area contributed by atoms with Crippen LogP contribution >= 0.6 is 0 Å². The zero-order chi connectivity index (χ0) is 10.9. The minimum atomic E-state index is 0.287. The van der Waals surface area contributed by atoms with E-state index in [-0.39, 0.29) is 6.04 Å². The van der Waals surface area contributed by atoms with E-state index in [1.54, 1.807) is 0 Å². The Bertz CT molecular complexity index is 183. The smallest absolute Gasteiger partial charge is 0.0597 e. The van der Waals surface area contributed by atoms with Crippen LogP contribution in [0.1, 0.15) is 41.0 Å². The van der Waals surface area contributed by atoms with Crippen molar-refractivity contribution in [2.24, 2.45) is 23.5 Å². The van der Waals surface area contributed by atoms with Crippen LogP contribution in [0.15, 0.2) is 0 Å². The van der Waals surface area contributed by atoms with E-state index in [9.17, 15) is 0 Å². The lowest BCUT2D eigenvalue weighted by atomic mass is 9.78. The molecule has 0 saturated carbocycles. The molecule has 0 amide bonds. The lowest BCUT2D eigenvalue weighted by Crippen LogP contribution is -2.42. The predicted molar refractivity (Wildman–Crippen MR) is 60.1 cm³/mol. The molecule has 1 aliphatic rings. The fourth-order valence-corrected chi connectivity index (χ4v) is 2.61. The minimum absolute atomic E-state index is 0.287. The predicted octanol–water partition coefficient (Wildman–Crippen LogP) is 2.42. The molecule has 2 N–H and O–H groups in total. The third-order valence-electron chi connectivity index (χ3n) is 4.06. The molecule has 6 atom stereocenters. The van der Waals surface area contributed by atoms with Gasteiger partial charge in [-0.2, -0.15) is 0 Å². The van der Waals surface area contributed by atoms with Crippen molar-refractivity contribution in [2.75, 3.05) is 0 Å². The van der Waals surface area contributed by atoms with E-state index < -0.39 is 0 Å². The quantitative estimate of drug-likeness (QED) is 0.757. The Labute approximate surface area is 88.2 Å². The number of nitrogens with two attached hydrogens (primary N) is 1. The van der Waals surface area contributed by atoms with E-state index >= 15 is 0 Å². The van der Waals surface area contributed by atoms with E-state index in [1.165, 1.54) is 0 Å². The zero-order valence-corrected chi connectivity index (χ0v) is 10.2. The standard InChI is InChI=1S/C12H25NO/c1-6-7(2)12(13)11-8(3)9(4)14-10(11)5/h7-12H,6,13H2,1-5H3. The molecular weight excluding hydrogens is 174 g/mol. The van der Waals surface area contributed by atoms with Gasteiger partial charge in [0.25, 0.3) is 0 Å². The maximum Gasteiger partial charge on any atom is 0.0597 e. The van der Waals surface area contributed by atoms with Crippen LogP contribution < -0.4 is 5.73 Å². The fourth-order valence-electron chi connectivity index (χ4n) is 2.61. The van der Waals surface area contributed by atoms with Gasteiger partial charge in [-0.1, -0.05) is 27.2 Å². The van der Waals surface area contributed by atoms with E-state index in [2.05, 4.69) is 34.6 Å². The highest BCUT2D eigenvalue weighted by Crippen LogP contribution is 2.36. The molecule has 0 aromatic carbocycles. The fraction of sp³-hybridized carbons (Fsp3) is 1.00. The third-order valence-corrected chi connectivity index (χ3v) is 4.06. The van der Waals surface area contributed by atoms with Crippen molar-refractivity contribution < 1.29 is 4.74 Å². The Morgan fingerprint density at radius 1 is 1.21 bits per heavy atom. The van der Waals surface area contributed by atoms with Gasteiger partial charge in [-0.25, -0.2) is 0 Å². The van der Waals surface area contributed by atoms with Crippen molar-refractivity contribution >= 4 is 0 Å².